The minimum absolute atomic E-state index is 0.0565. The second kappa shape index (κ2) is 4.73. The van der Waals surface area contributed by atoms with Gasteiger partial charge >= 0.3 is 6.18 Å². The number of aryl methyl sites for hydroxylation is 1. The van der Waals surface area contributed by atoms with Crippen LogP contribution in [0.25, 0.3) is 11.3 Å². The lowest BCUT2D eigenvalue weighted by atomic mass is 10.0. The number of halogens is 3. The molecule has 1 aromatic carbocycles. The molecule has 0 amide bonds. The number of benzene rings is 1. The molecule has 0 aliphatic rings. The highest BCUT2D eigenvalue weighted by molar-refractivity contribution is 5.67. The maximum absolute atomic E-state index is 12.7. The van der Waals surface area contributed by atoms with Gasteiger partial charge in [-0.2, -0.15) is 18.4 Å². The Morgan fingerprint density at radius 2 is 1.89 bits per heavy atom. The van der Waals surface area contributed by atoms with Gasteiger partial charge in [-0.1, -0.05) is 23.8 Å². The number of pyridine rings is 1. The summed E-state index contributed by atoms with van der Waals surface area (Å²) >= 11 is 0. The van der Waals surface area contributed by atoms with Crippen molar-refractivity contribution in [3.05, 3.63) is 53.2 Å². The third kappa shape index (κ3) is 2.74. The molecule has 0 saturated carbocycles. The fourth-order valence-electron chi connectivity index (χ4n) is 1.72. The van der Waals surface area contributed by atoms with Gasteiger partial charge in [0.15, 0.2) is 0 Å². The topological polar surface area (TPSA) is 36.7 Å². The molecule has 1 heterocycles. The van der Waals surface area contributed by atoms with E-state index in [1.165, 1.54) is 0 Å². The molecule has 0 aliphatic carbocycles. The van der Waals surface area contributed by atoms with Crippen LogP contribution in [-0.4, -0.2) is 4.98 Å². The summed E-state index contributed by atoms with van der Waals surface area (Å²) in [5, 5.41) is 8.97. The van der Waals surface area contributed by atoms with Crippen LogP contribution < -0.4 is 0 Å². The number of hydrogen-bond donors (Lipinski definition) is 0. The Morgan fingerprint density at radius 3 is 2.47 bits per heavy atom. The molecule has 2 nitrogen and oxygen atoms in total. The van der Waals surface area contributed by atoms with Crippen molar-refractivity contribution in [2.45, 2.75) is 13.1 Å². The summed E-state index contributed by atoms with van der Waals surface area (Å²) in [6, 6.07) is 10.7. The van der Waals surface area contributed by atoms with Crippen molar-refractivity contribution in [1.29, 1.82) is 5.26 Å². The third-order valence-electron chi connectivity index (χ3n) is 2.60. The molecular weight excluding hydrogens is 253 g/mol. The standard InChI is InChI=1S/C14H9F3N2/c1-9-3-2-4-10(7-9)13-11(8-18)5-6-12(19-13)14(15,16)17/h2-7H,1H3. The Labute approximate surface area is 108 Å². The van der Waals surface area contributed by atoms with Gasteiger partial charge in [0.2, 0.25) is 0 Å². The monoisotopic (exact) mass is 262 g/mol. The van der Waals surface area contributed by atoms with Gasteiger partial charge in [-0.3, -0.25) is 0 Å². The summed E-state index contributed by atoms with van der Waals surface area (Å²) in [7, 11) is 0. The Hall–Kier alpha value is -2.35. The zero-order valence-electron chi connectivity index (χ0n) is 9.99. The van der Waals surface area contributed by atoms with Crippen molar-refractivity contribution >= 4 is 0 Å². The van der Waals surface area contributed by atoms with Crippen LogP contribution in [0, 0.1) is 18.3 Å². The number of alkyl halides is 3. The van der Waals surface area contributed by atoms with Crippen LogP contribution in [0.15, 0.2) is 36.4 Å². The van der Waals surface area contributed by atoms with E-state index in [1.807, 2.05) is 19.1 Å². The molecule has 0 fully saturated rings. The van der Waals surface area contributed by atoms with Gasteiger partial charge in [0, 0.05) is 5.56 Å². The van der Waals surface area contributed by atoms with Crippen LogP contribution in [-0.2, 0) is 6.18 Å². The van der Waals surface area contributed by atoms with Crippen molar-refractivity contribution in [1.82, 2.24) is 4.98 Å². The van der Waals surface area contributed by atoms with Crippen LogP contribution in [0.1, 0.15) is 16.8 Å². The molecule has 0 aliphatic heterocycles. The molecule has 2 aromatic rings. The average Bonchev–Trinajstić information content (AvgIpc) is 2.37. The lowest BCUT2D eigenvalue weighted by Crippen LogP contribution is -2.09. The second-order valence-electron chi connectivity index (χ2n) is 4.07. The molecular formula is C14H9F3N2. The first-order chi connectivity index (χ1) is 8.91. The van der Waals surface area contributed by atoms with E-state index in [9.17, 15) is 13.2 Å². The molecule has 0 saturated heterocycles. The van der Waals surface area contributed by atoms with E-state index >= 15 is 0 Å². The quantitative estimate of drug-likeness (QED) is 0.780. The molecule has 5 heteroatoms. The molecule has 19 heavy (non-hydrogen) atoms. The third-order valence-corrected chi connectivity index (χ3v) is 2.60. The molecule has 96 valence electrons. The maximum atomic E-state index is 12.7. The van der Waals surface area contributed by atoms with E-state index in [4.69, 9.17) is 5.26 Å². The molecule has 0 radical (unpaired) electrons. The highest BCUT2D eigenvalue weighted by atomic mass is 19.4. The number of rotatable bonds is 1. The van der Waals surface area contributed by atoms with Crippen molar-refractivity contribution in [2.75, 3.05) is 0 Å². The Bertz CT molecular complexity index is 654. The first-order valence-electron chi connectivity index (χ1n) is 5.47. The minimum Gasteiger partial charge on any atom is -0.242 e. The van der Waals surface area contributed by atoms with E-state index in [-0.39, 0.29) is 11.3 Å². The summed E-state index contributed by atoms with van der Waals surface area (Å²) in [5.41, 5.74) is 0.575. The molecule has 0 spiro atoms. The smallest absolute Gasteiger partial charge is 0.242 e. The first-order valence-corrected chi connectivity index (χ1v) is 5.47. The number of hydrogen-bond acceptors (Lipinski definition) is 2. The first kappa shape index (κ1) is 13.1. The molecule has 2 rings (SSSR count). The number of aromatic nitrogens is 1. The molecule has 0 unspecified atom stereocenters. The van der Waals surface area contributed by atoms with Gasteiger partial charge in [0.25, 0.3) is 0 Å². The van der Waals surface area contributed by atoms with Crippen molar-refractivity contribution in [2.24, 2.45) is 0 Å². The molecule has 0 N–H and O–H groups in total. The highest BCUT2D eigenvalue weighted by Gasteiger charge is 2.33. The van der Waals surface area contributed by atoms with Gasteiger partial charge in [0.1, 0.15) is 11.8 Å². The zero-order valence-corrected chi connectivity index (χ0v) is 9.99. The van der Waals surface area contributed by atoms with Crippen molar-refractivity contribution in [3.63, 3.8) is 0 Å². The van der Waals surface area contributed by atoms with E-state index in [2.05, 4.69) is 4.98 Å². The van der Waals surface area contributed by atoms with Crippen molar-refractivity contribution < 1.29 is 13.2 Å². The highest BCUT2D eigenvalue weighted by Crippen LogP contribution is 2.31. The Kier molecular flexibility index (Phi) is 3.26. The van der Waals surface area contributed by atoms with Gasteiger partial charge in [-0.25, -0.2) is 4.98 Å². The zero-order chi connectivity index (χ0) is 14.0. The van der Waals surface area contributed by atoms with Crippen LogP contribution >= 0.6 is 0 Å². The number of nitrogens with zero attached hydrogens (tertiary/aromatic N) is 2. The molecule has 0 bridgehead atoms. The SMILES string of the molecule is Cc1cccc(-c2nc(C(F)(F)F)ccc2C#N)c1. The summed E-state index contributed by atoms with van der Waals surface area (Å²) in [6.07, 6.45) is -4.52. The minimum atomic E-state index is -4.52. The largest absolute Gasteiger partial charge is 0.433 e. The average molecular weight is 262 g/mol. The normalized spacial score (nSPS) is 11.1. The van der Waals surface area contributed by atoms with Crippen LogP contribution in [0.3, 0.4) is 0 Å². The van der Waals surface area contributed by atoms with Crippen molar-refractivity contribution in [3.8, 4) is 17.3 Å². The van der Waals surface area contributed by atoms with E-state index in [0.29, 0.717) is 5.56 Å². The van der Waals surface area contributed by atoms with Gasteiger partial charge in [-0.15, -0.1) is 0 Å². The van der Waals surface area contributed by atoms with Crippen LogP contribution in [0.2, 0.25) is 0 Å². The van der Waals surface area contributed by atoms with Gasteiger partial charge in [0.05, 0.1) is 11.3 Å². The number of nitriles is 1. The second-order valence-corrected chi connectivity index (χ2v) is 4.07. The van der Waals surface area contributed by atoms with E-state index < -0.39 is 11.9 Å². The van der Waals surface area contributed by atoms with Crippen LogP contribution in [0.4, 0.5) is 13.2 Å². The van der Waals surface area contributed by atoms with Gasteiger partial charge < -0.3 is 0 Å². The predicted octanol–water partition coefficient (Wildman–Crippen LogP) is 3.95. The Balaban J connectivity index is 2.64. The Morgan fingerprint density at radius 1 is 1.16 bits per heavy atom. The molecule has 0 atom stereocenters. The van der Waals surface area contributed by atoms with Crippen LogP contribution in [0.5, 0.6) is 0 Å². The lowest BCUT2D eigenvalue weighted by Gasteiger charge is -2.09. The summed E-state index contributed by atoms with van der Waals surface area (Å²) in [4.78, 5) is 3.58. The molecule has 1 aromatic heterocycles. The fraction of sp³-hybridized carbons (Fsp3) is 0.143. The summed E-state index contributed by atoms with van der Waals surface area (Å²) in [5.74, 6) is 0. The maximum Gasteiger partial charge on any atom is 0.433 e. The van der Waals surface area contributed by atoms with E-state index in [0.717, 1.165) is 17.7 Å². The lowest BCUT2D eigenvalue weighted by molar-refractivity contribution is -0.141. The summed E-state index contributed by atoms with van der Waals surface area (Å²) < 4.78 is 38.0. The van der Waals surface area contributed by atoms with E-state index in [1.54, 1.807) is 18.2 Å². The fourth-order valence-corrected chi connectivity index (χ4v) is 1.72. The predicted molar refractivity (Wildman–Crippen MR) is 64.1 cm³/mol. The summed E-state index contributed by atoms with van der Waals surface area (Å²) in [6.45, 7) is 1.82. The van der Waals surface area contributed by atoms with Gasteiger partial charge in [-0.05, 0) is 25.1 Å².